The van der Waals surface area contributed by atoms with Crippen LogP contribution in [0.1, 0.15) is 26.4 Å². The van der Waals surface area contributed by atoms with Crippen molar-refractivity contribution in [2.75, 3.05) is 6.54 Å². The second kappa shape index (κ2) is 7.74. The number of aryl methyl sites for hydroxylation is 2. The number of alkyl halides is 2. The lowest BCUT2D eigenvalue weighted by Gasteiger charge is -2.08. The molecule has 0 saturated carbocycles. The Morgan fingerprint density at radius 2 is 2.09 bits per heavy atom. The predicted molar refractivity (Wildman–Crippen MR) is 88.1 cm³/mol. The Balaban J connectivity index is 1.92. The molecule has 0 aliphatic heterocycles. The number of carbonyl (C=O) groups is 1. The van der Waals surface area contributed by atoms with Gasteiger partial charge >= 0.3 is 0 Å². The number of rotatable bonds is 6. The van der Waals surface area contributed by atoms with Crippen molar-refractivity contribution in [2.24, 2.45) is 0 Å². The highest BCUT2D eigenvalue weighted by atomic mass is 32.2. The molecule has 2 rings (SSSR count). The highest BCUT2D eigenvalue weighted by Crippen LogP contribution is 2.31. The van der Waals surface area contributed by atoms with Crippen molar-refractivity contribution in [3.63, 3.8) is 0 Å². The summed E-state index contributed by atoms with van der Waals surface area (Å²) in [6.45, 7) is 4.57. The second-order valence-corrected chi connectivity index (χ2v) is 6.88. The van der Waals surface area contributed by atoms with Crippen molar-refractivity contribution >= 4 is 29.0 Å². The van der Waals surface area contributed by atoms with E-state index in [-0.39, 0.29) is 5.91 Å². The molecule has 0 fully saturated rings. The average Bonchev–Trinajstić information content (AvgIpc) is 2.88. The monoisotopic (exact) mass is 341 g/mol. The van der Waals surface area contributed by atoms with E-state index in [1.807, 2.05) is 19.9 Å². The first-order chi connectivity index (χ1) is 10.5. The van der Waals surface area contributed by atoms with Gasteiger partial charge in [-0.15, -0.1) is 11.3 Å². The lowest BCUT2D eigenvalue weighted by molar-refractivity contribution is 0.0955. The standard InChI is InChI=1S/C16H17F2NOS2/c1-10-3-4-12(11(2)9-10)5-7-19-15(20)14-13(6-8-21-14)22-16(17)18/h3-4,6,8-9,16H,5,7H2,1-2H3,(H,19,20). The van der Waals surface area contributed by atoms with Crippen LogP contribution >= 0.6 is 23.1 Å². The molecule has 0 spiro atoms. The predicted octanol–water partition coefficient (Wildman–Crippen LogP) is 4.65. The van der Waals surface area contributed by atoms with E-state index in [0.717, 1.165) is 6.42 Å². The number of nitrogens with one attached hydrogen (secondary N) is 1. The normalized spacial score (nSPS) is 11.0. The molecule has 2 nitrogen and oxygen atoms in total. The Kier molecular flexibility index (Phi) is 5.97. The molecule has 0 bridgehead atoms. The van der Waals surface area contributed by atoms with E-state index in [2.05, 4.69) is 17.4 Å². The van der Waals surface area contributed by atoms with Crippen LogP contribution in [0.2, 0.25) is 0 Å². The summed E-state index contributed by atoms with van der Waals surface area (Å²) in [6.07, 6.45) is 0.723. The molecule has 0 saturated heterocycles. The fourth-order valence-electron chi connectivity index (χ4n) is 2.17. The highest BCUT2D eigenvalue weighted by Gasteiger charge is 2.16. The number of halogens is 2. The summed E-state index contributed by atoms with van der Waals surface area (Å²) in [6, 6.07) is 7.76. The zero-order chi connectivity index (χ0) is 16.1. The fraction of sp³-hybridized carbons (Fsp3) is 0.312. The quantitative estimate of drug-likeness (QED) is 0.775. The van der Waals surface area contributed by atoms with Crippen molar-refractivity contribution in [1.29, 1.82) is 0 Å². The van der Waals surface area contributed by atoms with E-state index in [1.165, 1.54) is 28.0 Å². The zero-order valence-corrected chi connectivity index (χ0v) is 14.0. The lowest BCUT2D eigenvalue weighted by atomic mass is 10.0. The summed E-state index contributed by atoms with van der Waals surface area (Å²) in [5.74, 6) is -2.81. The lowest BCUT2D eigenvalue weighted by Crippen LogP contribution is -2.25. The number of amides is 1. The Morgan fingerprint density at radius 3 is 2.77 bits per heavy atom. The minimum Gasteiger partial charge on any atom is -0.351 e. The number of thiophene rings is 1. The minimum atomic E-state index is -2.52. The minimum absolute atomic E-state index is 0.289. The first-order valence-electron chi connectivity index (χ1n) is 6.84. The second-order valence-electron chi connectivity index (χ2n) is 4.93. The van der Waals surface area contributed by atoms with Gasteiger partial charge in [-0.2, -0.15) is 8.78 Å². The Labute approximate surface area is 136 Å². The maximum atomic E-state index is 12.4. The molecule has 6 heteroatoms. The Bertz CT molecular complexity index is 655. The van der Waals surface area contributed by atoms with Crippen molar-refractivity contribution in [3.8, 4) is 0 Å². The molecule has 1 amide bonds. The van der Waals surface area contributed by atoms with Crippen molar-refractivity contribution in [1.82, 2.24) is 5.32 Å². The first-order valence-corrected chi connectivity index (χ1v) is 8.60. The summed E-state index contributed by atoms with van der Waals surface area (Å²) >= 11 is 1.59. The third-order valence-corrected chi connectivity index (χ3v) is 5.04. The van der Waals surface area contributed by atoms with Gasteiger partial charge in [-0.1, -0.05) is 35.5 Å². The molecule has 22 heavy (non-hydrogen) atoms. The SMILES string of the molecule is Cc1ccc(CCNC(=O)c2sccc2SC(F)F)c(C)c1. The van der Waals surface area contributed by atoms with Gasteiger partial charge in [-0.25, -0.2) is 0 Å². The third-order valence-electron chi connectivity index (χ3n) is 3.23. The topological polar surface area (TPSA) is 29.1 Å². The average molecular weight is 341 g/mol. The number of hydrogen-bond acceptors (Lipinski definition) is 3. The van der Waals surface area contributed by atoms with E-state index in [4.69, 9.17) is 0 Å². The van der Waals surface area contributed by atoms with E-state index < -0.39 is 5.76 Å². The van der Waals surface area contributed by atoms with Gasteiger partial charge < -0.3 is 5.32 Å². The van der Waals surface area contributed by atoms with Gasteiger partial charge in [-0.3, -0.25) is 4.79 Å². The smallest absolute Gasteiger partial charge is 0.288 e. The maximum absolute atomic E-state index is 12.4. The number of hydrogen-bond donors (Lipinski definition) is 1. The van der Waals surface area contributed by atoms with Gasteiger partial charge in [0.05, 0.1) is 0 Å². The van der Waals surface area contributed by atoms with Crippen LogP contribution in [0.15, 0.2) is 34.5 Å². The van der Waals surface area contributed by atoms with Gasteiger partial charge in [0.15, 0.2) is 0 Å². The molecule has 1 N–H and O–H groups in total. The van der Waals surface area contributed by atoms with Crippen LogP contribution in [0.5, 0.6) is 0 Å². The number of benzene rings is 1. The molecule has 1 aromatic heterocycles. The van der Waals surface area contributed by atoms with Gasteiger partial charge in [0.1, 0.15) is 4.88 Å². The van der Waals surface area contributed by atoms with E-state index >= 15 is 0 Å². The third kappa shape index (κ3) is 4.55. The van der Waals surface area contributed by atoms with Crippen LogP contribution < -0.4 is 5.32 Å². The van der Waals surface area contributed by atoms with Gasteiger partial charge in [0.25, 0.3) is 11.7 Å². The van der Waals surface area contributed by atoms with Gasteiger partial charge in [-0.05, 0) is 42.8 Å². The summed E-state index contributed by atoms with van der Waals surface area (Å²) in [5, 5.41) is 4.46. The molecule has 0 unspecified atom stereocenters. The van der Waals surface area contributed by atoms with Crippen LogP contribution in [0.3, 0.4) is 0 Å². The summed E-state index contributed by atoms with van der Waals surface area (Å²) in [5.41, 5.74) is 3.58. The summed E-state index contributed by atoms with van der Waals surface area (Å²) in [7, 11) is 0. The summed E-state index contributed by atoms with van der Waals surface area (Å²) in [4.78, 5) is 12.8. The van der Waals surface area contributed by atoms with Gasteiger partial charge in [0, 0.05) is 11.4 Å². The van der Waals surface area contributed by atoms with Gasteiger partial charge in [0.2, 0.25) is 0 Å². The molecule has 1 heterocycles. The molecule has 1 aromatic carbocycles. The molecular weight excluding hydrogens is 324 g/mol. The number of thioether (sulfide) groups is 1. The Hall–Kier alpha value is -1.40. The largest absolute Gasteiger partial charge is 0.351 e. The van der Waals surface area contributed by atoms with E-state index in [1.54, 1.807) is 11.4 Å². The Morgan fingerprint density at radius 1 is 1.32 bits per heavy atom. The zero-order valence-electron chi connectivity index (χ0n) is 12.4. The van der Waals surface area contributed by atoms with Crippen molar-refractivity contribution in [3.05, 3.63) is 51.2 Å². The van der Waals surface area contributed by atoms with Crippen molar-refractivity contribution < 1.29 is 13.6 Å². The molecule has 0 radical (unpaired) electrons. The maximum Gasteiger partial charge on any atom is 0.288 e. The molecule has 0 atom stereocenters. The van der Waals surface area contributed by atoms with Crippen LogP contribution in [-0.2, 0) is 6.42 Å². The first kappa shape index (κ1) is 17.0. The number of carbonyl (C=O) groups excluding carboxylic acids is 1. The fourth-order valence-corrected chi connectivity index (χ4v) is 3.79. The molecule has 0 aliphatic carbocycles. The van der Waals surface area contributed by atoms with E-state index in [9.17, 15) is 13.6 Å². The van der Waals surface area contributed by atoms with E-state index in [0.29, 0.717) is 28.1 Å². The van der Waals surface area contributed by atoms with Crippen LogP contribution in [0.4, 0.5) is 8.78 Å². The molecule has 0 aliphatic rings. The molecule has 118 valence electrons. The van der Waals surface area contributed by atoms with Crippen molar-refractivity contribution in [2.45, 2.75) is 30.9 Å². The van der Waals surface area contributed by atoms with Crippen LogP contribution in [0, 0.1) is 13.8 Å². The summed E-state index contributed by atoms with van der Waals surface area (Å²) < 4.78 is 24.9. The highest BCUT2D eigenvalue weighted by molar-refractivity contribution is 7.99. The molecular formula is C16H17F2NOS2. The van der Waals surface area contributed by atoms with Crippen LogP contribution in [0.25, 0.3) is 0 Å². The van der Waals surface area contributed by atoms with Crippen LogP contribution in [-0.4, -0.2) is 18.2 Å². The molecule has 2 aromatic rings.